The molecule has 1 aliphatic rings. The summed E-state index contributed by atoms with van der Waals surface area (Å²) in [6.45, 7) is 7.19. The van der Waals surface area contributed by atoms with Gasteiger partial charge in [0.25, 0.3) is 5.91 Å². The lowest BCUT2D eigenvalue weighted by Gasteiger charge is -2.28. The molecular weight excluding hydrogens is 326 g/mol. The number of carbonyl (C=O) groups excluding carboxylic acids is 1. The van der Waals surface area contributed by atoms with Crippen LogP contribution in [0.1, 0.15) is 41.0 Å². The molecule has 0 bridgehead atoms. The zero-order valence-corrected chi connectivity index (χ0v) is 15.6. The van der Waals surface area contributed by atoms with E-state index in [2.05, 4.69) is 25.5 Å². The number of hydrogen-bond donors (Lipinski definition) is 2. The smallest absolute Gasteiger partial charge is 0.251 e. The van der Waals surface area contributed by atoms with E-state index in [9.17, 15) is 4.79 Å². The van der Waals surface area contributed by atoms with E-state index in [-0.39, 0.29) is 5.91 Å². The van der Waals surface area contributed by atoms with Crippen LogP contribution in [0.5, 0.6) is 0 Å². The van der Waals surface area contributed by atoms with Crippen LogP contribution in [-0.4, -0.2) is 42.1 Å². The first-order valence-electron chi connectivity index (χ1n) is 9.31. The Balaban J connectivity index is 1.50. The predicted octanol–water partition coefficient (Wildman–Crippen LogP) is 2.93. The molecule has 26 heavy (non-hydrogen) atoms. The van der Waals surface area contributed by atoms with Crippen molar-refractivity contribution in [2.75, 3.05) is 36.4 Å². The molecule has 0 atom stereocenters. The normalized spacial score (nSPS) is 14.2. The van der Waals surface area contributed by atoms with E-state index in [1.165, 1.54) is 19.3 Å². The maximum Gasteiger partial charge on any atom is 0.251 e. The third kappa shape index (κ3) is 4.94. The van der Waals surface area contributed by atoms with Crippen molar-refractivity contribution < 1.29 is 4.79 Å². The number of benzene rings is 1. The van der Waals surface area contributed by atoms with Crippen molar-refractivity contribution in [2.45, 2.75) is 33.1 Å². The fraction of sp³-hybridized carbons (Fsp3) is 0.450. The summed E-state index contributed by atoms with van der Waals surface area (Å²) >= 11 is 0. The van der Waals surface area contributed by atoms with Crippen LogP contribution < -0.4 is 15.5 Å². The van der Waals surface area contributed by atoms with Gasteiger partial charge in [-0.15, -0.1) is 0 Å². The van der Waals surface area contributed by atoms with Gasteiger partial charge in [0.1, 0.15) is 17.5 Å². The fourth-order valence-corrected chi connectivity index (χ4v) is 3.10. The molecule has 2 aromatic rings. The molecule has 0 radical (unpaired) electrons. The van der Waals surface area contributed by atoms with Crippen molar-refractivity contribution in [2.24, 2.45) is 0 Å². The highest BCUT2D eigenvalue weighted by molar-refractivity contribution is 5.94. The summed E-state index contributed by atoms with van der Waals surface area (Å²) in [5, 5.41) is 6.21. The monoisotopic (exact) mass is 353 g/mol. The van der Waals surface area contributed by atoms with Crippen molar-refractivity contribution in [3.05, 3.63) is 47.3 Å². The Labute approximate surface area is 155 Å². The molecular formula is C20H27N5O. The molecule has 1 aliphatic heterocycles. The summed E-state index contributed by atoms with van der Waals surface area (Å²) in [4.78, 5) is 23.5. The van der Waals surface area contributed by atoms with E-state index in [0.29, 0.717) is 18.7 Å². The second-order valence-electron chi connectivity index (χ2n) is 6.76. The van der Waals surface area contributed by atoms with Crippen LogP contribution in [0, 0.1) is 13.8 Å². The highest BCUT2D eigenvalue weighted by Gasteiger charge is 2.13. The number of anilines is 2. The van der Waals surface area contributed by atoms with Gasteiger partial charge in [-0.1, -0.05) is 17.7 Å². The summed E-state index contributed by atoms with van der Waals surface area (Å²) < 4.78 is 0. The quantitative estimate of drug-likeness (QED) is 0.782. The number of nitrogens with zero attached hydrogens (tertiary/aromatic N) is 3. The highest BCUT2D eigenvalue weighted by atomic mass is 16.1. The molecule has 2 heterocycles. The van der Waals surface area contributed by atoms with Gasteiger partial charge in [0.05, 0.1) is 0 Å². The Bertz CT molecular complexity index is 738. The maximum absolute atomic E-state index is 12.1. The zero-order chi connectivity index (χ0) is 18.4. The second-order valence-corrected chi connectivity index (χ2v) is 6.76. The first-order chi connectivity index (χ1) is 12.6. The van der Waals surface area contributed by atoms with Crippen molar-refractivity contribution in [3.63, 3.8) is 0 Å². The highest BCUT2D eigenvalue weighted by Crippen LogP contribution is 2.20. The van der Waals surface area contributed by atoms with E-state index in [4.69, 9.17) is 0 Å². The molecule has 0 unspecified atom stereocenters. The van der Waals surface area contributed by atoms with Gasteiger partial charge in [-0.25, -0.2) is 9.97 Å². The number of piperidine rings is 1. The molecule has 0 saturated carbocycles. The summed E-state index contributed by atoms with van der Waals surface area (Å²) in [6.07, 6.45) is 3.74. The molecule has 1 aromatic carbocycles. The maximum atomic E-state index is 12.1. The first kappa shape index (κ1) is 18.2. The summed E-state index contributed by atoms with van der Waals surface area (Å²) in [7, 11) is 0. The third-order valence-electron chi connectivity index (χ3n) is 4.53. The van der Waals surface area contributed by atoms with Crippen LogP contribution in [-0.2, 0) is 0 Å². The van der Waals surface area contributed by atoms with Crippen molar-refractivity contribution in [3.8, 4) is 0 Å². The van der Waals surface area contributed by atoms with Gasteiger partial charge in [0.15, 0.2) is 0 Å². The Morgan fingerprint density at radius 1 is 1.04 bits per heavy atom. The standard InChI is InChI=1S/C20H27N5O/c1-15-6-8-17(9-7-15)20(26)22-11-10-21-18-14-19(24-16(2)23-18)25-12-4-3-5-13-25/h6-9,14H,3-5,10-13H2,1-2H3,(H,22,26)(H,21,23,24). The molecule has 6 heteroatoms. The van der Waals surface area contributed by atoms with Gasteiger partial charge in [0.2, 0.25) is 0 Å². The average Bonchev–Trinajstić information content (AvgIpc) is 2.66. The van der Waals surface area contributed by atoms with Crippen molar-refractivity contribution in [1.29, 1.82) is 0 Å². The van der Waals surface area contributed by atoms with Gasteiger partial charge in [-0.05, 0) is 45.2 Å². The minimum atomic E-state index is -0.0559. The number of carbonyl (C=O) groups is 1. The van der Waals surface area contributed by atoms with Gasteiger partial charge in [0, 0.05) is 37.8 Å². The minimum absolute atomic E-state index is 0.0559. The molecule has 1 aromatic heterocycles. The van der Waals surface area contributed by atoms with Crippen molar-refractivity contribution in [1.82, 2.24) is 15.3 Å². The number of aromatic nitrogens is 2. The molecule has 1 amide bonds. The number of nitrogens with one attached hydrogen (secondary N) is 2. The zero-order valence-electron chi connectivity index (χ0n) is 15.6. The SMILES string of the molecule is Cc1ccc(C(=O)NCCNc2cc(N3CCCCC3)nc(C)n2)cc1. The van der Waals surface area contributed by atoms with Gasteiger partial charge in [-0.2, -0.15) is 0 Å². The lowest BCUT2D eigenvalue weighted by molar-refractivity contribution is 0.0955. The van der Waals surface area contributed by atoms with E-state index in [1.54, 1.807) is 0 Å². The Hall–Kier alpha value is -2.63. The fourth-order valence-electron chi connectivity index (χ4n) is 3.10. The molecule has 0 spiro atoms. The predicted molar refractivity (Wildman–Crippen MR) is 105 cm³/mol. The second kappa shape index (κ2) is 8.65. The van der Waals surface area contributed by atoms with E-state index >= 15 is 0 Å². The van der Waals surface area contributed by atoms with Gasteiger partial charge < -0.3 is 15.5 Å². The summed E-state index contributed by atoms with van der Waals surface area (Å²) in [6, 6.07) is 9.57. The number of amides is 1. The molecule has 3 rings (SSSR count). The van der Waals surface area contributed by atoms with Crippen molar-refractivity contribution >= 4 is 17.5 Å². The van der Waals surface area contributed by atoms with E-state index in [0.717, 1.165) is 36.1 Å². The third-order valence-corrected chi connectivity index (χ3v) is 4.53. The van der Waals surface area contributed by atoms with E-state index in [1.807, 2.05) is 44.2 Å². The topological polar surface area (TPSA) is 70.2 Å². The minimum Gasteiger partial charge on any atom is -0.368 e. The van der Waals surface area contributed by atoms with Crippen LogP contribution in [0.2, 0.25) is 0 Å². The molecule has 1 fully saturated rings. The van der Waals surface area contributed by atoms with Crippen LogP contribution in [0.25, 0.3) is 0 Å². The molecule has 2 N–H and O–H groups in total. The van der Waals surface area contributed by atoms with Crippen LogP contribution in [0.15, 0.2) is 30.3 Å². The van der Waals surface area contributed by atoms with Crippen LogP contribution in [0.4, 0.5) is 11.6 Å². The Kier molecular flexibility index (Phi) is 6.04. The molecule has 138 valence electrons. The lowest BCUT2D eigenvalue weighted by atomic mass is 10.1. The largest absolute Gasteiger partial charge is 0.368 e. The Morgan fingerprint density at radius 3 is 2.50 bits per heavy atom. The summed E-state index contributed by atoms with van der Waals surface area (Å²) in [5.74, 6) is 2.50. The molecule has 1 saturated heterocycles. The number of aryl methyl sites for hydroxylation is 2. The summed E-state index contributed by atoms with van der Waals surface area (Å²) in [5.41, 5.74) is 1.83. The molecule has 0 aliphatic carbocycles. The van der Waals surface area contributed by atoms with Gasteiger partial charge in [-0.3, -0.25) is 4.79 Å². The van der Waals surface area contributed by atoms with Crippen LogP contribution in [0.3, 0.4) is 0 Å². The van der Waals surface area contributed by atoms with Gasteiger partial charge >= 0.3 is 0 Å². The lowest BCUT2D eigenvalue weighted by Crippen LogP contribution is -2.31. The number of rotatable bonds is 6. The first-order valence-corrected chi connectivity index (χ1v) is 9.31. The Morgan fingerprint density at radius 2 is 1.77 bits per heavy atom. The number of hydrogen-bond acceptors (Lipinski definition) is 5. The average molecular weight is 353 g/mol. The molecule has 6 nitrogen and oxygen atoms in total. The van der Waals surface area contributed by atoms with E-state index < -0.39 is 0 Å². The van der Waals surface area contributed by atoms with Crippen LogP contribution >= 0.6 is 0 Å².